The van der Waals surface area contributed by atoms with Gasteiger partial charge in [0.25, 0.3) is 5.91 Å². The third-order valence-electron chi connectivity index (χ3n) is 5.69. The molecule has 1 aromatic rings. The molecule has 0 aromatic heterocycles. The van der Waals surface area contributed by atoms with Crippen LogP contribution >= 0.6 is 0 Å². The summed E-state index contributed by atoms with van der Waals surface area (Å²) < 4.78 is 5.48. The first-order valence-electron chi connectivity index (χ1n) is 9.70. The van der Waals surface area contributed by atoms with E-state index in [0.29, 0.717) is 17.1 Å². The molecule has 3 atom stereocenters. The fourth-order valence-electron chi connectivity index (χ4n) is 4.17. The molecule has 2 aliphatic heterocycles. The lowest BCUT2D eigenvalue weighted by molar-refractivity contribution is -0.140. The van der Waals surface area contributed by atoms with E-state index in [1.54, 1.807) is 25.1 Å². The Kier molecular flexibility index (Phi) is 4.78. The second-order valence-corrected chi connectivity index (χ2v) is 7.58. The quantitative estimate of drug-likeness (QED) is 0.771. The minimum Gasteiger partial charge on any atom is -0.479 e. The zero-order valence-corrected chi connectivity index (χ0v) is 15.7. The summed E-state index contributed by atoms with van der Waals surface area (Å²) in [6.07, 6.45) is 2.96. The van der Waals surface area contributed by atoms with E-state index >= 15 is 0 Å². The highest BCUT2D eigenvalue weighted by Crippen LogP contribution is 2.38. The summed E-state index contributed by atoms with van der Waals surface area (Å²) in [5, 5.41) is 5.47. The standard InChI is InChI=1S/C20H23N3O5/c1-11-18(25)22-15-10-12(6-7-16(15)28-11)21-17(24)8-9-23-19(26)13-4-2-3-5-14(13)20(23)27/h6-7,10-11,13-14H,2-5,8-9H2,1H3,(H,21,24)(H,22,25)/t11-,13-,14+/m0/s1. The highest BCUT2D eigenvalue weighted by atomic mass is 16.5. The Bertz CT molecular complexity index is 828. The number of rotatable bonds is 4. The molecule has 2 fully saturated rings. The van der Waals surface area contributed by atoms with Crippen molar-refractivity contribution in [1.29, 1.82) is 0 Å². The average molecular weight is 385 g/mol. The van der Waals surface area contributed by atoms with Gasteiger partial charge >= 0.3 is 0 Å². The maximum atomic E-state index is 12.5. The first-order chi connectivity index (χ1) is 13.4. The third kappa shape index (κ3) is 3.34. The van der Waals surface area contributed by atoms with Crippen molar-refractivity contribution in [3.05, 3.63) is 18.2 Å². The van der Waals surface area contributed by atoms with Gasteiger partial charge in [0.15, 0.2) is 6.10 Å². The number of fused-ring (bicyclic) bond motifs is 2. The number of hydrogen-bond acceptors (Lipinski definition) is 5. The second kappa shape index (κ2) is 7.26. The number of amides is 4. The van der Waals surface area contributed by atoms with Gasteiger partial charge in [0.1, 0.15) is 5.75 Å². The van der Waals surface area contributed by atoms with Crippen LogP contribution in [0.1, 0.15) is 39.0 Å². The fraction of sp³-hybridized carbons (Fsp3) is 0.500. The molecule has 28 heavy (non-hydrogen) atoms. The van der Waals surface area contributed by atoms with Crippen LogP contribution in [0.2, 0.25) is 0 Å². The summed E-state index contributed by atoms with van der Waals surface area (Å²) in [7, 11) is 0. The predicted octanol–water partition coefficient (Wildman–Crippen LogP) is 1.91. The lowest BCUT2D eigenvalue weighted by atomic mass is 9.81. The van der Waals surface area contributed by atoms with Crippen molar-refractivity contribution in [2.45, 2.75) is 45.1 Å². The van der Waals surface area contributed by atoms with E-state index in [2.05, 4.69) is 10.6 Å². The number of imide groups is 1. The van der Waals surface area contributed by atoms with E-state index < -0.39 is 6.10 Å². The van der Waals surface area contributed by atoms with Crippen molar-refractivity contribution < 1.29 is 23.9 Å². The Hall–Kier alpha value is -2.90. The molecule has 1 aliphatic carbocycles. The van der Waals surface area contributed by atoms with Gasteiger partial charge in [0.2, 0.25) is 17.7 Å². The fourth-order valence-corrected chi connectivity index (χ4v) is 4.17. The highest BCUT2D eigenvalue weighted by Gasteiger charge is 2.47. The zero-order valence-electron chi connectivity index (χ0n) is 15.7. The minimum atomic E-state index is -0.563. The van der Waals surface area contributed by atoms with Crippen molar-refractivity contribution in [3.63, 3.8) is 0 Å². The maximum absolute atomic E-state index is 12.5. The zero-order chi connectivity index (χ0) is 19.8. The summed E-state index contributed by atoms with van der Waals surface area (Å²) in [4.78, 5) is 50.2. The van der Waals surface area contributed by atoms with Gasteiger partial charge in [-0.3, -0.25) is 24.1 Å². The molecule has 0 spiro atoms. The van der Waals surface area contributed by atoms with Gasteiger partial charge in [0.05, 0.1) is 17.5 Å². The van der Waals surface area contributed by atoms with Crippen molar-refractivity contribution in [3.8, 4) is 5.75 Å². The molecule has 8 heteroatoms. The van der Waals surface area contributed by atoms with E-state index in [1.165, 1.54) is 4.90 Å². The predicted molar refractivity (Wildman–Crippen MR) is 101 cm³/mol. The van der Waals surface area contributed by atoms with Crippen LogP contribution in [0.25, 0.3) is 0 Å². The van der Waals surface area contributed by atoms with Gasteiger partial charge in [-0.2, -0.15) is 0 Å². The van der Waals surface area contributed by atoms with Crippen molar-refractivity contribution in [1.82, 2.24) is 4.90 Å². The average Bonchev–Trinajstić information content (AvgIpc) is 2.92. The molecular formula is C20H23N3O5. The molecule has 0 bridgehead atoms. The normalized spacial score (nSPS) is 26.2. The van der Waals surface area contributed by atoms with Gasteiger partial charge < -0.3 is 15.4 Å². The molecular weight excluding hydrogens is 362 g/mol. The highest BCUT2D eigenvalue weighted by molar-refractivity contribution is 6.05. The van der Waals surface area contributed by atoms with Crippen molar-refractivity contribution in [2.75, 3.05) is 17.2 Å². The van der Waals surface area contributed by atoms with E-state index in [0.717, 1.165) is 25.7 Å². The van der Waals surface area contributed by atoms with Crippen LogP contribution in [0, 0.1) is 11.8 Å². The van der Waals surface area contributed by atoms with Crippen LogP contribution in [-0.4, -0.2) is 41.2 Å². The number of carbonyl (C=O) groups excluding carboxylic acids is 4. The molecule has 2 heterocycles. The van der Waals surface area contributed by atoms with Gasteiger partial charge in [-0.15, -0.1) is 0 Å². The van der Waals surface area contributed by atoms with Crippen LogP contribution in [0.3, 0.4) is 0 Å². The number of likely N-dealkylation sites (tertiary alicyclic amines) is 1. The first-order valence-corrected chi connectivity index (χ1v) is 9.70. The molecule has 4 amide bonds. The number of carbonyl (C=O) groups is 4. The summed E-state index contributed by atoms with van der Waals surface area (Å²) in [5.41, 5.74) is 1.00. The van der Waals surface area contributed by atoms with E-state index in [1.807, 2.05) is 0 Å². The molecule has 3 aliphatic rings. The third-order valence-corrected chi connectivity index (χ3v) is 5.69. The number of nitrogens with one attached hydrogen (secondary N) is 2. The number of benzene rings is 1. The summed E-state index contributed by atoms with van der Waals surface area (Å²) in [6.45, 7) is 1.75. The number of nitrogens with zero attached hydrogens (tertiary/aromatic N) is 1. The molecule has 0 unspecified atom stereocenters. The smallest absolute Gasteiger partial charge is 0.265 e. The molecule has 2 N–H and O–H groups in total. The van der Waals surface area contributed by atoms with Gasteiger partial charge in [-0.25, -0.2) is 0 Å². The molecule has 1 saturated carbocycles. The van der Waals surface area contributed by atoms with Gasteiger partial charge in [-0.05, 0) is 38.0 Å². The number of ether oxygens (including phenoxy) is 1. The lowest BCUT2D eigenvalue weighted by Crippen LogP contribution is -2.34. The van der Waals surface area contributed by atoms with Crippen LogP contribution in [0.15, 0.2) is 18.2 Å². The molecule has 1 aromatic carbocycles. The molecule has 1 saturated heterocycles. The lowest BCUT2D eigenvalue weighted by Gasteiger charge is -2.23. The maximum Gasteiger partial charge on any atom is 0.265 e. The topological polar surface area (TPSA) is 105 Å². The Morgan fingerprint density at radius 2 is 1.86 bits per heavy atom. The van der Waals surface area contributed by atoms with Gasteiger partial charge in [0, 0.05) is 18.7 Å². The van der Waals surface area contributed by atoms with Crippen LogP contribution < -0.4 is 15.4 Å². The Morgan fingerprint density at radius 1 is 1.18 bits per heavy atom. The Labute approximate surface area is 162 Å². The number of anilines is 2. The molecule has 4 rings (SSSR count). The van der Waals surface area contributed by atoms with Crippen LogP contribution in [0.5, 0.6) is 5.75 Å². The summed E-state index contributed by atoms with van der Waals surface area (Å²) in [5.74, 6) is -0.668. The largest absolute Gasteiger partial charge is 0.479 e. The van der Waals surface area contributed by atoms with Crippen LogP contribution in [0.4, 0.5) is 11.4 Å². The Balaban J connectivity index is 1.35. The van der Waals surface area contributed by atoms with E-state index in [4.69, 9.17) is 4.74 Å². The SMILES string of the molecule is C[C@@H]1Oc2ccc(NC(=O)CCN3C(=O)[C@H]4CCCC[C@H]4C3=O)cc2NC1=O. The second-order valence-electron chi connectivity index (χ2n) is 7.58. The molecule has 8 nitrogen and oxygen atoms in total. The minimum absolute atomic E-state index is 0.0356. The number of hydrogen-bond donors (Lipinski definition) is 2. The van der Waals surface area contributed by atoms with Crippen molar-refractivity contribution in [2.24, 2.45) is 11.8 Å². The van der Waals surface area contributed by atoms with E-state index in [-0.39, 0.29) is 48.4 Å². The van der Waals surface area contributed by atoms with Gasteiger partial charge in [-0.1, -0.05) is 12.8 Å². The first kappa shape index (κ1) is 18.5. The Morgan fingerprint density at radius 3 is 2.54 bits per heavy atom. The van der Waals surface area contributed by atoms with E-state index in [9.17, 15) is 19.2 Å². The summed E-state index contributed by atoms with van der Waals surface area (Å²) in [6, 6.07) is 4.98. The summed E-state index contributed by atoms with van der Waals surface area (Å²) >= 11 is 0. The molecule has 148 valence electrons. The monoisotopic (exact) mass is 385 g/mol. The van der Waals surface area contributed by atoms with Crippen LogP contribution in [-0.2, 0) is 19.2 Å². The van der Waals surface area contributed by atoms with Crippen molar-refractivity contribution >= 4 is 35.0 Å². The molecule has 0 radical (unpaired) electrons.